The van der Waals surface area contributed by atoms with E-state index in [2.05, 4.69) is 26.1 Å². The maximum absolute atomic E-state index is 12.2. The van der Waals surface area contributed by atoms with E-state index in [1.54, 1.807) is 0 Å². The molecule has 0 heterocycles. The van der Waals surface area contributed by atoms with Crippen LogP contribution in [0.15, 0.2) is 0 Å². The van der Waals surface area contributed by atoms with Gasteiger partial charge in [-0.1, -0.05) is 26.7 Å². The van der Waals surface area contributed by atoms with Crippen molar-refractivity contribution < 1.29 is 4.21 Å². The van der Waals surface area contributed by atoms with E-state index in [1.165, 1.54) is 32.1 Å². The lowest BCUT2D eigenvalue weighted by Gasteiger charge is -2.20. The molecule has 0 bridgehead atoms. The Morgan fingerprint density at radius 3 is 2.50 bits per heavy atom. The average molecular weight is 245 g/mol. The van der Waals surface area contributed by atoms with E-state index in [0.29, 0.717) is 16.5 Å². The minimum absolute atomic E-state index is 0.349. The molecule has 3 heteroatoms. The molecule has 0 aromatic heterocycles. The summed E-state index contributed by atoms with van der Waals surface area (Å²) >= 11 is 0. The Labute approximate surface area is 103 Å². The van der Waals surface area contributed by atoms with Crippen molar-refractivity contribution in [2.45, 2.75) is 75.8 Å². The largest absolute Gasteiger partial charge is 0.314 e. The van der Waals surface area contributed by atoms with Gasteiger partial charge in [0.25, 0.3) is 0 Å². The standard InChI is InChI=1S/C13H27NOS/c1-4-9-14-11(2)10-12(3)16(15)13-7-5-6-8-13/h11-14H,4-10H2,1-3H3. The van der Waals surface area contributed by atoms with Gasteiger partial charge in [-0.3, -0.25) is 4.21 Å². The summed E-state index contributed by atoms with van der Waals surface area (Å²) < 4.78 is 12.2. The van der Waals surface area contributed by atoms with Crippen LogP contribution in [0.3, 0.4) is 0 Å². The molecule has 96 valence electrons. The quantitative estimate of drug-likeness (QED) is 0.747. The molecule has 1 N–H and O–H groups in total. The minimum Gasteiger partial charge on any atom is -0.314 e. The Morgan fingerprint density at radius 2 is 1.94 bits per heavy atom. The molecular formula is C13H27NOS. The molecule has 1 aliphatic rings. The second-order valence-electron chi connectivity index (χ2n) is 5.14. The van der Waals surface area contributed by atoms with E-state index in [0.717, 1.165) is 13.0 Å². The first-order chi connectivity index (χ1) is 7.65. The smallest absolute Gasteiger partial charge is 0.0350 e. The normalized spacial score (nSPS) is 23.2. The Bertz CT molecular complexity index is 214. The van der Waals surface area contributed by atoms with Crippen molar-refractivity contribution in [3.05, 3.63) is 0 Å². The summed E-state index contributed by atoms with van der Waals surface area (Å²) in [5, 5.41) is 4.32. The molecule has 1 saturated carbocycles. The fourth-order valence-electron chi connectivity index (χ4n) is 2.52. The van der Waals surface area contributed by atoms with Gasteiger partial charge in [-0.15, -0.1) is 0 Å². The minimum atomic E-state index is -0.606. The first-order valence-electron chi connectivity index (χ1n) is 6.78. The van der Waals surface area contributed by atoms with Gasteiger partial charge in [-0.05, 0) is 39.2 Å². The third-order valence-corrected chi connectivity index (χ3v) is 5.57. The van der Waals surface area contributed by atoms with Crippen molar-refractivity contribution in [3.8, 4) is 0 Å². The molecule has 0 spiro atoms. The molecule has 2 nitrogen and oxygen atoms in total. The molecule has 16 heavy (non-hydrogen) atoms. The van der Waals surface area contributed by atoms with Gasteiger partial charge in [0.15, 0.2) is 0 Å². The summed E-state index contributed by atoms with van der Waals surface area (Å²) in [6, 6.07) is 0.500. The Balaban J connectivity index is 2.27. The summed E-state index contributed by atoms with van der Waals surface area (Å²) in [4.78, 5) is 0. The molecular weight excluding hydrogens is 218 g/mol. The maximum Gasteiger partial charge on any atom is 0.0350 e. The van der Waals surface area contributed by atoms with Gasteiger partial charge in [-0.2, -0.15) is 0 Å². The van der Waals surface area contributed by atoms with E-state index in [9.17, 15) is 4.21 Å². The van der Waals surface area contributed by atoms with Crippen molar-refractivity contribution in [3.63, 3.8) is 0 Å². The Hall–Kier alpha value is 0.110. The highest BCUT2D eigenvalue weighted by Gasteiger charge is 2.25. The first kappa shape index (κ1) is 14.2. The molecule has 0 saturated heterocycles. The number of rotatable bonds is 7. The zero-order chi connectivity index (χ0) is 12.0. The zero-order valence-corrected chi connectivity index (χ0v) is 11.8. The predicted molar refractivity (Wildman–Crippen MR) is 72.2 cm³/mol. The molecule has 3 atom stereocenters. The zero-order valence-electron chi connectivity index (χ0n) is 11.0. The average Bonchev–Trinajstić information content (AvgIpc) is 2.78. The lowest BCUT2D eigenvalue weighted by molar-refractivity contribution is 0.507. The molecule has 0 aromatic rings. The van der Waals surface area contributed by atoms with Crippen LogP contribution >= 0.6 is 0 Å². The molecule has 3 unspecified atom stereocenters. The van der Waals surface area contributed by atoms with Crippen LogP contribution in [0, 0.1) is 0 Å². The third-order valence-electron chi connectivity index (χ3n) is 3.46. The van der Waals surface area contributed by atoms with Crippen LogP contribution in [0.4, 0.5) is 0 Å². The van der Waals surface area contributed by atoms with Crippen molar-refractivity contribution in [2.24, 2.45) is 0 Å². The SMILES string of the molecule is CCCNC(C)CC(C)S(=O)C1CCCC1. The summed E-state index contributed by atoms with van der Waals surface area (Å²) in [5.74, 6) is 0. The van der Waals surface area contributed by atoms with Crippen molar-refractivity contribution in [1.29, 1.82) is 0 Å². The van der Waals surface area contributed by atoms with Crippen LogP contribution in [0.1, 0.15) is 59.3 Å². The fourth-order valence-corrected chi connectivity index (χ4v) is 4.45. The molecule has 0 aliphatic heterocycles. The highest BCUT2D eigenvalue weighted by Crippen LogP contribution is 2.25. The first-order valence-corrected chi connectivity index (χ1v) is 8.05. The van der Waals surface area contributed by atoms with E-state index >= 15 is 0 Å². The highest BCUT2D eigenvalue weighted by atomic mass is 32.2. The molecule has 1 fully saturated rings. The van der Waals surface area contributed by atoms with E-state index in [4.69, 9.17) is 0 Å². The molecule has 0 aromatic carbocycles. The monoisotopic (exact) mass is 245 g/mol. The van der Waals surface area contributed by atoms with Gasteiger partial charge in [0.05, 0.1) is 0 Å². The van der Waals surface area contributed by atoms with Gasteiger partial charge in [0.1, 0.15) is 0 Å². The summed E-state index contributed by atoms with van der Waals surface area (Å²) in [5.41, 5.74) is 0. The van der Waals surface area contributed by atoms with E-state index in [1.807, 2.05) is 0 Å². The predicted octanol–water partition coefficient (Wildman–Crippen LogP) is 2.84. The Kier molecular flexibility index (Phi) is 6.59. The van der Waals surface area contributed by atoms with Crippen LogP contribution in [0.2, 0.25) is 0 Å². The lowest BCUT2D eigenvalue weighted by Crippen LogP contribution is -2.33. The highest BCUT2D eigenvalue weighted by molar-refractivity contribution is 7.86. The van der Waals surface area contributed by atoms with E-state index in [-0.39, 0.29) is 0 Å². The number of hydrogen-bond acceptors (Lipinski definition) is 2. The summed E-state index contributed by atoms with van der Waals surface area (Å²) in [7, 11) is -0.606. The number of hydrogen-bond donors (Lipinski definition) is 1. The second-order valence-corrected chi connectivity index (χ2v) is 7.26. The second kappa shape index (κ2) is 7.44. The molecule has 0 radical (unpaired) electrons. The van der Waals surface area contributed by atoms with Gasteiger partial charge in [0, 0.05) is 27.3 Å². The Morgan fingerprint density at radius 1 is 1.31 bits per heavy atom. The van der Waals surface area contributed by atoms with Crippen LogP contribution in [-0.2, 0) is 10.8 Å². The summed E-state index contributed by atoms with van der Waals surface area (Å²) in [6.45, 7) is 7.61. The van der Waals surface area contributed by atoms with Crippen LogP contribution < -0.4 is 5.32 Å². The van der Waals surface area contributed by atoms with Gasteiger partial charge >= 0.3 is 0 Å². The van der Waals surface area contributed by atoms with Gasteiger partial charge in [-0.25, -0.2) is 0 Å². The van der Waals surface area contributed by atoms with E-state index < -0.39 is 10.8 Å². The molecule has 1 rings (SSSR count). The third kappa shape index (κ3) is 4.54. The van der Waals surface area contributed by atoms with Crippen LogP contribution in [0.5, 0.6) is 0 Å². The lowest BCUT2D eigenvalue weighted by atomic mass is 10.2. The fraction of sp³-hybridized carbons (Fsp3) is 1.00. The van der Waals surface area contributed by atoms with Crippen molar-refractivity contribution in [2.75, 3.05) is 6.54 Å². The van der Waals surface area contributed by atoms with Crippen LogP contribution in [-0.4, -0.2) is 27.3 Å². The number of nitrogens with one attached hydrogen (secondary N) is 1. The summed E-state index contributed by atoms with van der Waals surface area (Å²) in [6.07, 6.45) is 7.16. The van der Waals surface area contributed by atoms with Gasteiger partial charge < -0.3 is 5.32 Å². The molecule has 0 amide bonds. The maximum atomic E-state index is 12.2. The topological polar surface area (TPSA) is 29.1 Å². The molecule has 1 aliphatic carbocycles. The van der Waals surface area contributed by atoms with Gasteiger partial charge in [0.2, 0.25) is 0 Å². The van der Waals surface area contributed by atoms with Crippen LogP contribution in [0.25, 0.3) is 0 Å². The van der Waals surface area contributed by atoms with Crippen molar-refractivity contribution >= 4 is 10.8 Å². The van der Waals surface area contributed by atoms with Crippen molar-refractivity contribution in [1.82, 2.24) is 5.32 Å².